The van der Waals surface area contributed by atoms with Gasteiger partial charge >= 0.3 is 18.0 Å². The molecular formula is C17H22N2O7. The summed E-state index contributed by atoms with van der Waals surface area (Å²) in [6.07, 6.45) is 1.18. The topological polar surface area (TPSA) is 114 Å². The van der Waals surface area contributed by atoms with Gasteiger partial charge in [-0.2, -0.15) is 0 Å². The van der Waals surface area contributed by atoms with E-state index in [1.54, 1.807) is 4.90 Å². The Morgan fingerprint density at radius 3 is 2.73 bits per heavy atom. The molecule has 26 heavy (non-hydrogen) atoms. The number of ether oxygens (including phenoxy) is 2. The van der Waals surface area contributed by atoms with E-state index >= 15 is 0 Å². The minimum atomic E-state index is -1.14. The lowest BCUT2D eigenvalue weighted by atomic mass is 10.2. The summed E-state index contributed by atoms with van der Waals surface area (Å²) >= 11 is 0. The number of rotatable bonds is 9. The van der Waals surface area contributed by atoms with Crippen LogP contribution in [-0.4, -0.2) is 60.4 Å². The second kappa shape index (κ2) is 10.4. The Hall–Kier alpha value is -2.65. The number of carbonyl (C=O) groups excluding carboxylic acids is 2. The number of hydroxylamine groups is 1. The molecule has 142 valence electrons. The zero-order valence-electron chi connectivity index (χ0n) is 14.3. The van der Waals surface area contributed by atoms with Gasteiger partial charge in [0.25, 0.3) is 0 Å². The Bertz CT molecular complexity index is 608. The first-order chi connectivity index (χ1) is 12.6. The van der Waals surface area contributed by atoms with Crippen LogP contribution in [0, 0.1) is 0 Å². The molecule has 0 saturated carbocycles. The molecule has 0 radical (unpaired) electrons. The van der Waals surface area contributed by atoms with Gasteiger partial charge in [-0.15, -0.1) is 5.48 Å². The lowest BCUT2D eigenvalue weighted by Crippen LogP contribution is -2.39. The van der Waals surface area contributed by atoms with E-state index in [0.29, 0.717) is 6.54 Å². The molecule has 9 heteroatoms. The molecule has 9 nitrogen and oxygen atoms in total. The van der Waals surface area contributed by atoms with Crippen LogP contribution in [0.25, 0.3) is 0 Å². The fraction of sp³-hybridized carbons (Fsp3) is 0.471. The maximum Gasteiger partial charge on any atom is 0.410 e. The summed E-state index contributed by atoms with van der Waals surface area (Å²) in [5, 5.41) is 8.41. The van der Waals surface area contributed by atoms with Crippen molar-refractivity contribution in [2.75, 3.05) is 26.3 Å². The zero-order chi connectivity index (χ0) is 18.8. The first kappa shape index (κ1) is 19.7. The largest absolute Gasteiger partial charge is 0.480 e. The van der Waals surface area contributed by atoms with E-state index in [2.05, 4.69) is 4.84 Å². The number of nitrogens with one attached hydrogen (secondary N) is 1. The van der Waals surface area contributed by atoms with Crippen LogP contribution in [0.1, 0.15) is 18.4 Å². The van der Waals surface area contributed by atoms with Gasteiger partial charge in [0.15, 0.2) is 0 Å². The van der Waals surface area contributed by atoms with Crippen LogP contribution in [0.4, 0.5) is 4.79 Å². The minimum Gasteiger partial charge on any atom is -0.480 e. The number of hydrogen-bond acceptors (Lipinski definition) is 7. The molecule has 1 aliphatic heterocycles. The maximum atomic E-state index is 12.2. The van der Waals surface area contributed by atoms with Crippen molar-refractivity contribution in [2.45, 2.75) is 25.5 Å². The molecule has 2 N–H and O–H groups in total. The van der Waals surface area contributed by atoms with Gasteiger partial charge in [-0.1, -0.05) is 30.3 Å². The van der Waals surface area contributed by atoms with Crippen LogP contribution in [0.15, 0.2) is 30.3 Å². The summed E-state index contributed by atoms with van der Waals surface area (Å²) in [6.45, 7) is 0.122. The monoisotopic (exact) mass is 366 g/mol. The highest BCUT2D eigenvalue weighted by Crippen LogP contribution is 2.19. The maximum absolute atomic E-state index is 12.2. The second-order valence-corrected chi connectivity index (χ2v) is 5.73. The molecule has 0 aliphatic carbocycles. The van der Waals surface area contributed by atoms with E-state index in [1.807, 2.05) is 35.8 Å². The minimum absolute atomic E-state index is 0.168. The van der Waals surface area contributed by atoms with Crippen molar-refractivity contribution in [1.29, 1.82) is 0 Å². The van der Waals surface area contributed by atoms with Crippen molar-refractivity contribution in [2.24, 2.45) is 0 Å². The average molecular weight is 366 g/mol. The molecule has 1 saturated heterocycles. The zero-order valence-corrected chi connectivity index (χ0v) is 14.3. The summed E-state index contributed by atoms with van der Waals surface area (Å²) in [5.41, 5.74) is 2.92. The number of carboxylic acid groups (broad SMARTS) is 1. The van der Waals surface area contributed by atoms with Crippen molar-refractivity contribution < 1.29 is 33.8 Å². The highest BCUT2D eigenvalue weighted by molar-refractivity contribution is 5.72. The molecule has 0 bridgehead atoms. The lowest BCUT2D eigenvalue weighted by Gasteiger charge is -2.23. The lowest BCUT2D eigenvalue weighted by molar-refractivity contribution is -0.158. The van der Waals surface area contributed by atoms with Gasteiger partial charge in [-0.05, 0) is 18.4 Å². The van der Waals surface area contributed by atoms with E-state index in [1.165, 1.54) is 0 Å². The molecule has 1 aromatic carbocycles. The Labute approximate surface area is 150 Å². The van der Waals surface area contributed by atoms with E-state index in [-0.39, 0.29) is 25.9 Å². The number of likely N-dealkylation sites (tertiary alicyclic amines) is 1. The standard InChI is InChI=1S/C17H22N2O7/c20-15(21)9-18-26-16(22)12-24-11-14-7-4-8-19(14)17(23)25-10-13-5-2-1-3-6-13/h1-3,5-6,14,18H,4,7-12H2,(H,20,21)/t14-/m0/s1. The number of carbonyl (C=O) groups is 3. The van der Waals surface area contributed by atoms with Gasteiger partial charge in [0.2, 0.25) is 0 Å². The van der Waals surface area contributed by atoms with Crippen molar-refractivity contribution in [1.82, 2.24) is 10.4 Å². The van der Waals surface area contributed by atoms with Crippen LogP contribution in [-0.2, 0) is 30.5 Å². The van der Waals surface area contributed by atoms with E-state index < -0.39 is 24.6 Å². The molecule has 0 unspecified atom stereocenters. The Morgan fingerprint density at radius 1 is 1.23 bits per heavy atom. The number of nitrogens with zero attached hydrogens (tertiary/aromatic N) is 1. The first-order valence-electron chi connectivity index (χ1n) is 8.25. The average Bonchev–Trinajstić information content (AvgIpc) is 3.09. The summed E-state index contributed by atoms with van der Waals surface area (Å²) in [6, 6.07) is 9.23. The molecule has 2 rings (SSSR count). The predicted octanol–water partition coefficient (Wildman–Crippen LogP) is 0.937. The van der Waals surface area contributed by atoms with Crippen LogP contribution in [0.5, 0.6) is 0 Å². The number of benzene rings is 1. The van der Waals surface area contributed by atoms with Crippen molar-refractivity contribution >= 4 is 18.0 Å². The molecule has 1 atom stereocenters. The van der Waals surface area contributed by atoms with Gasteiger partial charge < -0.3 is 24.3 Å². The number of carboxylic acids is 1. The third kappa shape index (κ3) is 6.69. The Balaban J connectivity index is 1.67. The third-order valence-corrected chi connectivity index (χ3v) is 3.76. The van der Waals surface area contributed by atoms with Crippen LogP contribution in [0.3, 0.4) is 0 Å². The Morgan fingerprint density at radius 2 is 2.00 bits per heavy atom. The van der Waals surface area contributed by atoms with Crippen molar-refractivity contribution in [3.63, 3.8) is 0 Å². The second-order valence-electron chi connectivity index (χ2n) is 5.73. The fourth-order valence-electron chi connectivity index (χ4n) is 2.54. The van der Waals surface area contributed by atoms with Gasteiger partial charge in [0.1, 0.15) is 19.8 Å². The molecule has 0 spiro atoms. The number of amides is 1. The summed E-state index contributed by atoms with van der Waals surface area (Å²) < 4.78 is 10.6. The highest BCUT2D eigenvalue weighted by atomic mass is 16.7. The molecule has 1 heterocycles. The van der Waals surface area contributed by atoms with Gasteiger partial charge in [0, 0.05) is 6.54 Å². The molecule has 1 fully saturated rings. The smallest absolute Gasteiger partial charge is 0.410 e. The van der Waals surface area contributed by atoms with Crippen LogP contribution < -0.4 is 5.48 Å². The van der Waals surface area contributed by atoms with E-state index in [4.69, 9.17) is 14.6 Å². The van der Waals surface area contributed by atoms with Gasteiger partial charge in [0.05, 0.1) is 12.6 Å². The number of aliphatic carboxylic acids is 1. The van der Waals surface area contributed by atoms with Gasteiger partial charge in [-0.25, -0.2) is 9.59 Å². The summed E-state index contributed by atoms with van der Waals surface area (Å²) in [5.74, 6) is -1.88. The molecule has 0 aromatic heterocycles. The molecule has 1 amide bonds. The van der Waals surface area contributed by atoms with E-state index in [9.17, 15) is 14.4 Å². The van der Waals surface area contributed by atoms with Crippen LogP contribution in [0.2, 0.25) is 0 Å². The quantitative estimate of drug-likeness (QED) is 0.621. The third-order valence-electron chi connectivity index (χ3n) is 3.76. The SMILES string of the molecule is O=C(O)CNOC(=O)COC[C@@H]1CCCN1C(=O)OCc1ccccc1. The van der Waals surface area contributed by atoms with Crippen molar-refractivity contribution in [3.8, 4) is 0 Å². The van der Waals surface area contributed by atoms with Crippen molar-refractivity contribution in [3.05, 3.63) is 35.9 Å². The molecule has 1 aromatic rings. The first-order valence-corrected chi connectivity index (χ1v) is 8.25. The summed E-state index contributed by atoms with van der Waals surface area (Å²) in [7, 11) is 0. The van der Waals surface area contributed by atoms with Crippen LogP contribution >= 0.6 is 0 Å². The Kier molecular flexibility index (Phi) is 7.84. The summed E-state index contributed by atoms with van der Waals surface area (Å²) in [4.78, 5) is 39.9. The highest BCUT2D eigenvalue weighted by Gasteiger charge is 2.30. The van der Waals surface area contributed by atoms with Gasteiger partial charge in [-0.3, -0.25) is 4.79 Å². The molecule has 1 aliphatic rings. The predicted molar refractivity (Wildman–Crippen MR) is 88.9 cm³/mol. The normalized spacial score (nSPS) is 16.3. The molecular weight excluding hydrogens is 344 g/mol. The fourth-order valence-corrected chi connectivity index (χ4v) is 2.54. The van der Waals surface area contributed by atoms with E-state index in [0.717, 1.165) is 18.4 Å². The number of hydrogen-bond donors (Lipinski definition) is 2.